The van der Waals surface area contributed by atoms with Crippen LogP contribution in [0.3, 0.4) is 0 Å². The first-order valence-electron chi connectivity index (χ1n) is 6.83. The number of carboxylic acid groups (broad SMARTS) is 1. The SMILES string of the molecule is COc1ccc(-c2cc(C(=O)O)nn2-c2ccccc2Cl)cc1. The van der Waals surface area contributed by atoms with Crippen LogP contribution in [0.25, 0.3) is 16.9 Å². The van der Waals surface area contributed by atoms with Gasteiger partial charge in [-0.25, -0.2) is 9.48 Å². The molecule has 0 aliphatic rings. The smallest absolute Gasteiger partial charge is 0.356 e. The summed E-state index contributed by atoms with van der Waals surface area (Å²) in [5.41, 5.74) is 2.02. The summed E-state index contributed by atoms with van der Waals surface area (Å²) < 4.78 is 6.68. The minimum Gasteiger partial charge on any atom is -0.497 e. The number of carbonyl (C=O) groups is 1. The van der Waals surface area contributed by atoms with Crippen LogP contribution >= 0.6 is 11.6 Å². The molecular weight excluding hydrogens is 316 g/mol. The van der Waals surface area contributed by atoms with Crippen LogP contribution in [-0.2, 0) is 0 Å². The molecule has 0 aliphatic heterocycles. The van der Waals surface area contributed by atoms with Crippen molar-refractivity contribution in [3.8, 4) is 22.7 Å². The fraction of sp³-hybridized carbons (Fsp3) is 0.0588. The van der Waals surface area contributed by atoms with E-state index >= 15 is 0 Å². The molecule has 116 valence electrons. The lowest BCUT2D eigenvalue weighted by Gasteiger charge is -2.09. The number of nitrogens with zero attached hydrogens (tertiary/aromatic N) is 2. The summed E-state index contributed by atoms with van der Waals surface area (Å²) in [6.07, 6.45) is 0. The summed E-state index contributed by atoms with van der Waals surface area (Å²) in [6.45, 7) is 0. The number of carboxylic acids is 1. The van der Waals surface area contributed by atoms with Gasteiger partial charge in [-0.05, 0) is 42.5 Å². The summed E-state index contributed by atoms with van der Waals surface area (Å²) in [4.78, 5) is 11.3. The summed E-state index contributed by atoms with van der Waals surface area (Å²) in [5, 5.41) is 13.9. The van der Waals surface area contributed by atoms with E-state index < -0.39 is 5.97 Å². The Kier molecular flexibility index (Phi) is 4.04. The van der Waals surface area contributed by atoms with Gasteiger partial charge in [0.05, 0.1) is 23.5 Å². The average molecular weight is 329 g/mol. The second-order valence-corrected chi connectivity index (χ2v) is 5.22. The fourth-order valence-corrected chi connectivity index (χ4v) is 2.48. The molecule has 0 aliphatic carbocycles. The molecule has 0 radical (unpaired) electrons. The Balaban J connectivity index is 2.18. The molecule has 1 N–H and O–H groups in total. The highest BCUT2D eigenvalue weighted by Crippen LogP contribution is 2.29. The number of rotatable bonds is 4. The molecule has 0 amide bonds. The van der Waals surface area contributed by atoms with Crippen molar-refractivity contribution in [2.45, 2.75) is 0 Å². The minimum atomic E-state index is -1.09. The standard InChI is InChI=1S/C17H13ClN2O3/c1-23-12-8-6-11(7-9-12)16-10-14(17(21)22)19-20(16)15-5-3-2-4-13(15)18/h2-10H,1H3,(H,21,22). The highest BCUT2D eigenvalue weighted by atomic mass is 35.5. The first-order valence-corrected chi connectivity index (χ1v) is 7.20. The van der Waals surface area contributed by atoms with Gasteiger partial charge in [0, 0.05) is 5.56 Å². The number of aromatic nitrogens is 2. The van der Waals surface area contributed by atoms with Crippen LogP contribution in [-0.4, -0.2) is 28.0 Å². The first-order chi connectivity index (χ1) is 11.1. The zero-order chi connectivity index (χ0) is 16.4. The molecule has 0 saturated heterocycles. The monoisotopic (exact) mass is 328 g/mol. The molecule has 6 heteroatoms. The van der Waals surface area contributed by atoms with E-state index in [0.29, 0.717) is 16.4 Å². The van der Waals surface area contributed by atoms with Crippen molar-refractivity contribution in [3.05, 3.63) is 65.3 Å². The predicted octanol–water partition coefficient (Wildman–Crippen LogP) is 3.90. The number of halogens is 1. The lowest BCUT2D eigenvalue weighted by molar-refractivity contribution is 0.0690. The van der Waals surface area contributed by atoms with Crippen LogP contribution in [0.4, 0.5) is 0 Å². The minimum absolute atomic E-state index is 0.0456. The molecule has 0 fully saturated rings. The Morgan fingerprint density at radius 3 is 2.48 bits per heavy atom. The molecular formula is C17H13ClN2O3. The van der Waals surface area contributed by atoms with Gasteiger partial charge in [0.25, 0.3) is 0 Å². The van der Waals surface area contributed by atoms with E-state index in [0.717, 1.165) is 11.3 Å². The van der Waals surface area contributed by atoms with Gasteiger partial charge < -0.3 is 9.84 Å². The lowest BCUT2D eigenvalue weighted by atomic mass is 10.1. The number of methoxy groups -OCH3 is 1. The van der Waals surface area contributed by atoms with Crippen molar-refractivity contribution in [2.24, 2.45) is 0 Å². The molecule has 0 saturated carbocycles. The largest absolute Gasteiger partial charge is 0.497 e. The summed E-state index contributed by atoms with van der Waals surface area (Å²) >= 11 is 6.23. The van der Waals surface area contributed by atoms with Crippen molar-refractivity contribution in [3.63, 3.8) is 0 Å². The third-order valence-electron chi connectivity index (χ3n) is 3.39. The van der Waals surface area contributed by atoms with Crippen molar-refractivity contribution >= 4 is 17.6 Å². The molecule has 5 nitrogen and oxygen atoms in total. The highest BCUT2D eigenvalue weighted by Gasteiger charge is 2.17. The summed E-state index contributed by atoms with van der Waals surface area (Å²) in [6, 6.07) is 16.0. The van der Waals surface area contributed by atoms with Gasteiger partial charge in [-0.2, -0.15) is 5.10 Å². The molecule has 3 rings (SSSR count). The van der Waals surface area contributed by atoms with Crippen LogP contribution in [0, 0.1) is 0 Å². The molecule has 0 atom stereocenters. The normalized spacial score (nSPS) is 10.5. The van der Waals surface area contributed by atoms with Crippen LogP contribution in [0.2, 0.25) is 5.02 Å². The third kappa shape index (κ3) is 2.91. The van der Waals surface area contributed by atoms with Crippen LogP contribution in [0.1, 0.15) is 10.5 Å². The van der Waals surface area contributed by atoms with E-state index in [1.807, 2.05) is 18.2 Å². The van der Waals surface area contributed by atoms with Crippen LogP contribution in [0.5, 0.6) is 5.75 Å². The molecule has 23 heavy (non-hydrogen) atoms. The predicted molar refractivity (Wildman–Crippen MR) is 87.5 cm³/mol. The van der Waals surface area contributed by atoms with Gasteiger partial charge in [0.2, 0.25) is 0 Å². The van der Waals surface area contributed by atoms with E-state index in [9.17, 15) is 9.90 Å². The van der Waals surface area contributed by atoms with Crippen molar-refractivity contribution in [1.82, 2.24) is 9.78 Å². The molecule has 1 heterocycles. The van der Waals surface area contributed by atoms with Gasteiger partial charge in [0.1, 0.15) is 5.75 Å². The van der Waals surface area contributed by atoms with E-state index in [2.05, 4.69) is 5.10 Å². The van der Waals surface area contributed by atoms with Crippen molar-refractivity contribution in [1.29, 1.82) is 0 Å². The fourth-order valence-electron chi connectivity index (χ4n) is 2.26. The molecule has 1 aromatic heterocycles. The number of para-hydroxylation sites is 1. The number of ether oxygens (including phenoxy) is 1. The van der Waals surface area contributed by atoms with Crippen LogP contribution < -0.4 is 4.74 Å². The van der Waals surface area contributed by atoms with E-state index in [4.69, 9.17) is 16.3 Å². The number of hydrogen-bond acceptors (Lipinski definition) is 3. The molecule has 0 unspecified atom stereocenters. The van der Waals surface area contributed by atoms with E-state index in [1.165, 1.54) is 10.7 Å². The van der Waals surface area contributed by atoms with Gasteiger partial charge >= 0.3 is 5.97 Å². The Bertz CT molecular complexity index is 857. The summed E-state index contributed by atoms with van der Waals surface area (Å²) in [5.74, 6) is -0.374. The topological polar surface area (TPSA) is 64.3 Å². The second kappa shape index (κ2) is 6.14. The molecule has 3 aromatic rings. The van der Waals surface area contributed by atoms with E-state index in [-0.39, 0.29) is 5.69 Å². The number of benzene rings is 2. The summed E-state index contributed by atoms with van der Waals surface area (Å²) in [7, 11) is 1.59. The zero-order valence-electron chi connectivity index (χ0n) is 12.2. The zero-order valence-corrected chi connectivity index (χ0v) is 13.0. The second-order valence-electron chi connectivity index (χ2n) is 4.81. The lowest BCUT2D eigenvalue weighted by Crippen LogP contribution is -2.02. The van der Waals surface area contributed by atoms with Gasteiger partial charge in [-0.3, -0.25) is 0 Å². The Hall–Kier alpha value is -2.79. The quantitative estimate of drug-likeness (QED) is 0.789. The maximum absolute atomic E-state index is 11.3. The van der Waals surface area contributed by atoms with Crippen molar-refractivity contribution < 1.29 is 14.6 Å². The maximum Gasteiger partial charge on any atom is 0.356 e. The van der Waals surface area contributed by atoms with Crippen molar-refractivity contribution in [2.75, 3.05) is 7.11 Å². The Morgan fingerprint density at radius 2 is 1.87 bits per heavy atom. The molecule has 0 bridgehead atoms. The third-order valence-corrected chi connectivity index (χ3v) is 3.71. The van der Waals surface area contributed by atoms with Gasteiger partial charge in [0.15, 0.2) is 5.69 Å². The molecule has 2 aromatic carbocycles. The first kappa shape index (κ1) is 15.1. The Labute approximate surface area is 137 Å². The van der Waals surface area contributed by atoms with Gasteiger partial charge in [-0.15, -0.1) is 0 Å². The number of aromatic carboxylic acids is 1. The average Bonchev–Trinajstić information content (AvgIpc) is 3.01. The van der Waals surface area contributed by atoms with E-state index in [1.54, 1.807) is 37.4 Å². The molecule has 0 spiro atoms. The number of hydrogen-bond donors (Lipinski definition) is 1. The van der Waals surface area contributed by atoms with Gasteiger partial charge in [-0.1, -0.05) is 23.7 Å². The maximum atomic E-state index is 11.3. The Morgan fingerprint density at radius 1 is 1.17 bits per heavy atom. The highest BCUT2D eigenvalue weighted by molar-refractivity contribution is 6.32. The van der Waals surface area contributed by atoms with Crippen LogP contribution in [0.15, 0.2) is 54.6 Å².